The molecule has 166 valence electrons. The highest BCUT2D eigenvalue weighted by atomic mass is 16.7. The van der Waals surface area contributed by atoms with E-state index >= 15 is 0 Å². The van der Waals surface area contributed by atoms with Crippen LogP contribution in [-0.4, -0.2) is 49.7 Å². The number of aliphatic imine (C=N–C) groups is 1. The Labute approximate surface area is 185 Å². The lowest BCUT2D eigenvalue weighted by Gasteiger charge is -2.36. The summed E-state index contributed by atoms with van der Waals surface area (Å²) in [5, 5.41) is 6.65. The number of morpholine rings is 1. The molecule has 0 amide bonds. The van der Waals surface area contributed by atoms with Crippen molar-refractivity contribution >= 4 is 29.1 Å². The molecule has 0 aliphatic carbocycles. The molecule has 2 bridgehead atoms. The van der Waals surface area contributed by atoms with Crippen molar-refractivity contribution in [2.24, 2.45) is 4.99 Å². The minimum absolute atomic E-state index is 0.200. The largest absolute Gasteiger partial charge is 0.471 e. The Morgan fingerprint density at radius 3 is 3.03 bits per heavy atom. The van der Waals surface area contributed by atoms with Crippen molar-refractivity contribution < 1.29 is 14.3 Å². The Bertz CT molecular complexity index is 1100. The maximum atomic E-state index is 5.99. The van der Waals surface area contributed by atoms with Crippen LogP contribution in [0.15, 0.2) is 52.9 Å². The Morgan fingerprint density at radius 2 is 2.19 bits per heavy atom. The van der Waals surface area contributed by atoms with Gasteiger partial charge in [0.25, 0.3) is 0 Å². The fourth-order valence-electron chi connectivity index (χ4n) is 4.34. The molecule has 32 heavy (non-hydrogen) atoms. The van der Waals surface area contributed by atoms with Crippen molar-refractivity contribution in [2.45, 2.75) is 25.9 Å². The van der Waals surface area contributed by atoms with E-state index in [9.17, 15) is 0 Å². The van der Waals surface area contributed by atoms with Crippen LogP contribution in [0.4, 0.5) is 22.9 Å². The van der Waals surface area contributed by atoms with Crippen LogP contribution < -0.4 is 30.7 Å². The van der Waals surface area contributed by atoms with Crippen molar-refractivity contribution in [1.29, 1.82) is 0 Å². The van der Waals surface area contributed by atoms with Gasteiger partial charge in [0.05, 0.1) is 36.0 Å². The quantitative estimate of drug-likeness (QED) is 0.669. The van der Waals surface area contributed by atoms with Gasteiger partial charge >= 0.3 is 5.97 Å². The van der Waals surface area contributed by atoms with Crippen molar-refractivity contribution in [3.05, 3.63) is 47.9 Å². The lowest BCUT2D eigenvalue weighted by molar-refractivity contribution is -0.0214. The summed E-state index contributed by atoms with van der Waals surface area (Å²) in [6.45, 7) is 6.92. The lowest BCUT2D eigenvalue weighted by Crippen LogP contribution is -2.51. The zero-order valence-electron chi connectivity index (χ0n) is 18.0. The fourth-order valence-corrected chi connectivity index (χ4v) is 4.34. The molecule has 2 aromatic rings. The van der Waals surface area contributed by atoms with Crippen LogP contribution in [0.1, 0.15) is 13.8 Å². The third-order valence-electron chi connectivity index (χ3n) is 5.96. The molecule has 2 fully saturated rings. The van der Waals surface area contributed by atoms with Gasteiger partial charge in [-0.05, 0) is 44.2 Å². The second-order valence-electron chi connectivity index (χ2n) is 8.24. The third kappa shape index (κ3) is 3.10. The molecular weight excluding hydrogens is 410 g/mol. The molecule has 4 aliphatic rings. The predicted octanol–water partition coefficient (Wildman–Crippen LogP) is 2.45. The van der Waals surface area contributed by atoms with Gasteiger partial charge in [0.1, 0.15) is 17.4 Å². The van der Waals surface area contributed by atoms with Crippen LogP contribution in [-0.2, 0) is 9.57 Å². The van der Waals surface area contributed by atoms with E-state index in [-0.39, 0.29) is 6.10 Å². The Kier molecular flexibility index (Phi) is 4.37. The smallest absolute Gasteiger partial charge is 0.351 e. The number of pyridine rings is 1. The summed E-state index contributed by atoms with van der Waals surface area (Å²) in [6, 6.07) is 9.98. The van der Waals surface area contributed by atoms with E-state index in [2.05, 4.69) is 32.9 Å². The summed E-state index contributed by atoms with van der Waals surface area (Å²) >= 11 is 0. The molecule has 10 heteroatoms. The number of anilines is 4. The zero-order chi connectivity index (χ0) is 21.7. The summed E-state index contributed by atoms with van der Waals surface area (Å²) in [7, 11) is 0. The topological polar surface area (TPSA) is 95.5 Å². The lowest BCUT2D eigenvalue weighted by atomic mass is 10.2. The van der Waals surface area contributed by atoms with Gasteiger partial charge in [-0.3, -0.25) is 4.90 Å². The first-order valence-corrected chi connectivity index (χ1v) is 10.7. The van der Waals surface area contributed by atoms with E-state index in [4.69, 9.17) is 19.3 Å². The van der Waals surface area contributed by atoms with E-state index < -0.39 is 5.97 Å². The van der Waals surface area contributed by atoms with Crippen molar-refractivity contribution in [1.82, 2.24) is 10.5 Å². The normalized spacial score (nSPS) is 25.9. The molecule has 1 aromatic heterocycles. The van der Waals surface area contributed by atoms with E-state index in [1.165, 1.54) is 0 Å². The predicted molar refractivity (Wildman–Crippen MR) is 122 cm³/mol. The van der Waals surface area contributed by atoms with Crippen molar-refractivity contribution in [3.8, 4) is 5.75 Å². The Hall–Kier alpha value is -3.50. The highest BCUT2D eigenvalue weighted by Crippen LogP contribution is 2.42. The van der Waals surface area contributed by atoms with Gasteiger partial charge in [-0.2, -0.15) is 0 Å². The minimum atomic E-state index is -1.17. The molecule has 0 radical (unpaired) electrons. The highest BCUT2D eigenvalue weighted by Gasteiger charge is 2.49. The Balaban J connectivity index is 1.29. The van der Waals surface area contributed by atoms with Gasteiger partial charge in [0.15, 0.2) is 6.73 Å². The summed E-state index contributed by atoms with van der Waals surface area (Å²) < 4.78 is 11.2. The van der Waals surface area contributed by atoms with Gasteiger partial charge in [0.2, 0.25) is 0 Å². The number of nitrogens with one attached hydrogen (secondary N) is 3. The summed E-state index contributed by atoms with van der Waals surface area (Å²) in [4.78, 5) is 19.6. The van der Waals surface area contributed by atoms with Crippen LogP contribution in [0.5, 0.6) is 5.75 Å². The zero-order valence-corrected chi connectivity index (χ0v) is 18.0. The highest BCUT2D eigenvalue weighted by molar-refractivity contribution is 5.84. The van der Waals surface area contributed by atoms with E-state index in [1.807, 2.05) is 54.6 Å². The number of hydroxylamine groups is 1. The number of nitrogens with zero attached hydrogens (tertiary/aromatic N) is 4. The summed E-state index contributed by atoms with van der Waals surface area (Å²) in [5.41, 5.74) is 6.66. The van der Waals surface area contributed by atoms with Crippen molar-refractivity contribution in [3.63, 3.8) is 0 Å². The van der Waals surface area contributed by atoms with Crippen LogP contribution in [0, 0.1) is 0 Å². The fraction of sp³-hybridized carbons (Fsp3) is 0.364. The van der Waals surface area contributed by atoms with Crippen LogP contribution in [0.25, 0.3) is 0 Å². The van der Waals surface area contributed by atoms with E-state index in [1.54, 1.807) is 0 Å². The molecule has 4 aliphatic heterocycles. The monoisotopic (exact) mass is 435 g/mol. The average Bonchev–Trinajstić information content (AvgIpc) is 3.38. The summed E-state index contributed by atoms with van der Waals surface area (Å²) in [5.74, 6) is 1.43. The first kappa shape index (κ1) is 19.2. The van der Waals surface area contributed by atoms with Crippen molar-refractivity contribution in [2.75, 3.05) is 46.9 Å². The van der Waals surface area contributed by atoms with E-state index in [0.29, 0.717) is 13.3 Å². The van der Waals surface area contributed by atoms with E-state index in [0.717, 1.165) is 53.1 Å². The number of fused-ring (bicyclic) bond motifs is 3. The van der Waals surface area contributed by atoms with Gasteiger partial charge in [-0.15, -0.1) is 0 Å². The van der Waals surface area contributed by atoms with Crippen LogP contribution >= 0.6 is 0 Å². The number of allylic oxidation sites excluding steroid dienone is 1. The molecule has 2 atom stereocenters. The Morgan fingerprint density at radius 1 is 1.25 bits per heavy atom. The average molecular weight is 435 g/mol. The SMILES string of the molecule is CC1=C2NOC(Nc3ccc(N4CCO[C@@H](C)C4)nc3)(N=C1)N2c1ccc2c(c1)NCO2. The molecule has 0 saturated carbocycles. The molecule has 2 saturated heterocycles. The number of hydrogen-bond acceptors (Lipinski definition) is 10. The maximum Gasteiger partial charge on any atom is 0.351 e. The van der Waals surface area contributed by atoms with Gasteiger partial charge in [-0.25, -0.2) is 20.3 Å². The standard InChI is InChI=1S/C22H25N7O3/c1-14-10-25-22(26-16-3-6-20(23-11-16)28-7-8-30-15(2)12-28)29(21(14)27-32-22)17-4-5-19-18(9-17)24-13-31-19/h3-6,9-11,15,24,26-27H,7-8,12-13H2,1-2H3/t15-,22?/m0/s1. The van der Waals surface area contributed by atoms with Crippen LogP contribution in [0.3, 0.4) is 0 Å². The van der Waals surface area contributed by atoms with Gasteiger partial charge < -0.3 is 25.0 Å². The second kappa shape index (κ2) is 7.28. The molecule has 1 aromatic carbocycles. The molecule has 10 nitrogen and oxygen atoms in total. The molecule has 0 spiro atoms. The minimum Gasteiger partial charge on any atom is -0.471 e. The summed E-state index contributed by atoms with van der Waals surface area (Å²) in [6.07, 6.45) is 3.82. The maximum absolute atomic E-state index is 5.99. The number of rotatable bonds is 4. The molecule has 3 N–H and O–H groups in total. The van der Waals surface area contributed by atoms with Gasteiger partial charge in [-0.1, -0.05) is 0 Å². The second-order valence-corrected chi connectivity index (χ2v) is 8.24. The van der Waals surface area contributed by atoms with Crippen LogP contribution in [0.2, 0.25) is 0 Å². The number of ether oxygens (including phenoxy) is 2. The first-order valence-electron chi connectivity index (χ1n) is 10.7. The van der Waals surface area contributed by atoms with Gasteiger partial charge in [0, 0.05) is 24.9 Å². The number of aromatic nitrogens is 1. The number of hydrogen-bond donors (Lipinski definition) is 3. The third-order valence-corrected chi connectivity index (χ3v) is 5.96. The first-order chi connectivity index (χ1) is 15.6. The molecule has 5 heterocycles. The molecular formula is C22H25N7O3. The molecule has 6 rings (SSSR count). The molecule has 1 unspecified atom stereocenters. The number of benzene rings is 1.